The van der Waals surface area contributed by atoms with E-state index in [1.54, 1.807) is 12.1 Å². The molecule has 1 saturated heterocycles. The van der Waals surface area contributed by atoms with Gasteiger partial charge in [-0.2, -0.15) is 0 Å². The van der Waals surface area contributed by atoms with Gasteiger partial charge < -0.3 is 9.84 Å². The van der Waals surface area contributed by atoms with Crippen LogP contribution in [0, 0.1) is 0 Å². The maximum Gasteiger partial charge on any atom is 0.162 e. The lowest BCUT2D eigenvalue weighted by Gasteiger charge is -2.14. The van der Waals surface area contributed by atoms with E-state index >= 15 is 0 Å². The second-order valence-electron chi connectivity index (χ2n) is 4.81. The van der Waals surface area contributed by atoms with Gasteiger partial charge in [-0.3, -0.25) is 0 Å². The Kier molecular flexibility index (Phi) is 2.86. The van der Waals surface area contributed by atoms with Crippen LogP contribution in [0.4, 0.5) is 0 Å². The van der Waals surface area contributed by atoms with Gasteiger partial charge in [-0.1, -0.05) is 24.3 Å². The summed E-state index contributed by atoms with van der Waals surface area (Å²) < 4.78 is 28.4. The van der Waals surface area contributed by atoms with Crippen LogP contribution < -0.4 is 4.74 Å². The van der Waals surface area contributed by atoms with Crippen molar-refractivity contribution in [2.24, 2.45) is 0 Å². The summed E-state index contributed by atoms with van der Waals surface area (Å²) in [4.78, 5) is 0. The van der Waals surface area contributed by atoms with E-state index in [2.05, 4.69) is 0 Å². The molecule has 0 saturated carbocycles. The van der Waals surface area contributed by atoms with E-state index in [1.165, 1.54) is 0 Å². The number of aromatic hydroxyl groups is 1. The number of ether oxygens (including phenoxy) is 1. The average molecular weight is 278 g/mol. The van der Waals surface area contributed by atoms with E-state index in [4.69, 9.17) is 4.74 Å². The van der Waals surface area contributed by atoms with E-state index < -0.39 is 9.84 Å². The smallest absolute Gasteiger partial charge is 0.162 e. The first-order chi connectivity index (χ1) is 9.03. The van der Waals surface area contributed by atoms with Gasteiger partial charge in [0, 0.05) is 0 Å². The third-order valence-corrected chi connectivity index (χ3v) is 5.05. The first-order valence-corrected chi connectivity index (χ1v) is 7.94. The molecule has 0 spiro atoms. The summed E-state index contributed by atoms with van der Waals surface area (Å²) in [6, 6.07) is 11.0. The standard InChI is InChI=1S/C14H14O4S/c15-13-7-10-3-1-2-4-11(10)8-14(13)18-12-5-6-19(16,17)9-12/h1-4,7-8,12,15H,5-6,9H2. The summed E-state index contributed by atoms with van der Waals surface area (Å²) in [5.74, 6) is 0.578. The van der Waals surface area contributed by atoms with Gasteiger partial charge in [0.15, 0.2) is 21.3 Å². The maximum absolute atomic E-state index is 11.4. The molecular formula is C14H14O4S. The predicted octanol–water partition coefficient (Wildman–Crippen LogP) is 2.11. The minimum atomic E-state index is -2.98. The highest BCUT2D eigenvalue weighted by molar-refractivity contribution is 7.91. The topological polar surface area (TPSA) is 63.6 Å². The van der Waals surface area contributed by atoms with Crippen LogP contribution in [0.15, 0.2) is 36.4 Å². The molecule has 1 fully saturated rings. The number of hydrogen-bond donors (Lipinski definition) is 1. The normalized spacial score (nSPS) is 21.6. The molecule has 0 radical (unpaired) electrons. The largest absolute Gasteiger partial charge is 0.504 e. The second kappa shape index (κ2) is 4.42. The summed E-state index contributed by atoms with van der Waals surface area (Å²) in [7, 11) is -2.98. The second-order valence-corrected chi connectivity index (χ2v) is 7.04. The molecule has 1 atom stereocenters. The summed E-state index contributed by atoms with van der Waals surface area (Å²) in [5.41, 5.74) is 0. The Hall–Kier alpha value is -1.75. The highest BCUT2D eigenvalue weighted by Gasteiger charge is 2.29. The summed E-state index contributed by atoms with van der Waals surface area (Å²) in [6.07, 6.45) is 0.117. The molecule has 100 valence electrons. The minimum absolute atomic E-state index is 0.0271. The van der Waals surface area contributed by atoms with Crippen LogP contribution in [0.25, 0.3) is 10.8 Å². The van der Waals surface area contributed by atoms with Crippen molar-refractivity contribution in [3.63, 3.8) is 0 Å². The van der Waals surface area contributed by atoms with E-state index in [0.717, 1.165) is 10.8 Å². The molecule has 1 N–H and O–H groups in total. The molecule has 3 rings (SSSR count). The fraction of sp³-hybridized carbons (Fsp3) is 0.286. The molecule has 0 aliphatic carbocycles. The minimum Gasteiger partial charge on any atom is -0.504 e. The van der Waals surface area contributed by atoms with E-state index in [-0.39, 0.29) is 23.4 Å². The molecule has 1 aliphatic rings. The Morgan fingerprint density at radius 3 is 2.47 bits per heavy atom. The highest BCUT2D eigenvalue weighted by Crippen LogP contribution is 2.33. The molecule has 1 aliphatic heterocycles. The molecule has 2 aromatic rings. The van der Waals surface area contributed by atoms with Crippen LogP contribution in [-0.4, -0.2) is 31.1 Å². The van der Waals surface area contributed by atoms with Gasteiger partial charge in [-0.15, -0.1) is 0 Å². The third-order valence-electron chi connectivity index (χ3n) is 3.31. The van der Waals surface area contributed by atoms with Crippen molar-refractivity contribution in [2.45, 2.75) is 12.5 Å². The van der Waals surface area contributed by atoms with Crippen LogP contribution >= 0.6 is 0 Å². The quantitative estimate of drug-likeness (QED) is 0.914. The molecule has 0 bridgehead atoms. The number of benzene rings is 2. The van der Waals surface area contributed by atoms with Crippen molar-refractivity contribution >= 4 is 20.6 Å². The van der Waals surface area contributed by atoms with Gasteiger partial charge >= 0.3 is 0 Å². The Labute approximate surface area is 111 Å². The predicted molar refractivity (Wildman–Crippen MR) is 73.3 cm³/mol. The molecule has 1 heterocycles. The van der Waals surface area contributed by atoms with Gasteiger partial charge in [0.25, 0.3) is 0 Å². The average Bonchev–Trinajstić information content (AvgIpc) is 2.70. The summed E-state index contributed by atoms with van der Waals surface area (Å²) in [5, 5.41) is 11.8. The Morgan fingerprint density at radius 2 is 1.84 bits per heavy atom. The van der Waals surface area contributed by atoms with Crippen molar-refractivity contribution in [2.75, 3.05) is 11.5 Å². The molecule has 0 amide bonds. The van der Waals surface area contributed by atoms with Crippen molar-refractivity contribution in [1.29, 1.82) is 0 Å². The van der Waals surface area contributed by atoms with Crippen LogP contribution in [0.5, 0.6) is 11.5 Å². The number of fused-ring (bicyclic) bond motifs is 1. The molecular weight excluding hydrogens is 264 g/mol. The first-order valence-electron chi connectivity index (χ1n) is 6.12. The van der Waals surface area contributed by atoms with Crippen molar-refractivity contribution < 1.29 is 18.3 Å². The number of rotatable bonds is 2. The fourth-order valence-electron chi connectivity index (χ4n) is 2.34. The van der Waals surface area contributed by atoms with Crippen LogP contribution in [0.1, 0.15) is 6.42 Å². The van der Waals surface area contributed by atoms with E-state index in [1.807, 2.05) is 24.3 Å². The van der Waals surface area contributed by atoms with Gasteiger partial charge in [0.05, 0.1) is 11.5 Å². The number of phenols is 1. The summed E-state index contributed by atoms with van der Waals surface area (Å²) >= 11 is 0. The lowest BCUT2D eigenvalue weighted by Crippen LogP contribution is -2.17. The molecule has 5 heteroatoms. The van der Waals surface area contributed by atoms with Gasteiger partial charge in [0.1, 0.15) is 6.10 Å². The first kappa shape index (κ1) is 12.3. The van der Waals surface area contributed by atoms with Crippen molar-refractivity contribution in [3.05, 3.63) is 36.4 Å². The SMILES string of the molecule is O=S1(=O)CCC(Oc2cc3ccccc3cc2O)C1. The van der Waals surface area contributed by atoms with Crippen LogP contribution in [0.3, 0.4) is 0 Å². The van der Waals surface area contributed by atoms with Gasteiger partial charge in [-0.05, 0) is 29.3 Å². The Bertz CT molecular complexity index is 721. The zero-order chi connectivity index (χ0) is 13.5. The Morgan fingerprint density at radius 1 is 1.16 bits per heavy atom. The fourth-order valence-corrected chi connectivity index (χ4v) is 3.93. The van der Waals surface area contributed by atoms with Gasteiger partial charge in [-0.25, -0.2) is 8.42 Å². The highest BCUT2D eigenvalue weighted by atomic mass is 32.2. The monoisotopic (exact) mass is 278 g/mol. The van der Waals surface area contributed by atoms with E-state index in [0.29, 0.717) is 12.2 Å². The maximum atomic E-state index is 11.4. The third kappa shape index (κ3) is 2.51. The van der Waals surface area contributed by atoms with Crippen LogP contribution in [-0.2, 0) is 9.84 Å². The molecule has 4 nitrogen and oxygen atoms in total. The molecule has 2 aromatic carbocycles. The Balaban J connectivity index is 1.91. The molecule has 0 aromatic heterocycles. The summed E-state index contributed by atoms with van der Waals surface area (Å²) in [6.45, 7) is 0. The van der Waals surface area contributed by atoms with Crippen LogP contribution in [0.2, 0.25) is 0 Å². The molecule has 19 heavy (non-hydrogen) atoms. The number of sulfone groups is 1. The lowest BCUT2D eigenvalue weighted by molar-refractivity contribution is 0.220. The van der Waals surface area contributed by atoms with Crippen molar-refractivity contribution in [1.82, 2.24) is 0 Å². The van der Waals surface area contributed by atoms with Gasteiger partial charge in [0.2, 0.25) is 0 Å². The zero-order valence-electron chi connectivity index (χ0n) is 10.2. The molecule has 1 unspecified atom stereocenters. The number of phenolic OH excluding ortho intramolecular Hbond substituents is 1. The zero-order valence-corrected chi connectivity index (χ0v) is 11.1. The van der Waals surface area contributed by atoms with E-state index in [9.17, 15) is 13.5 Å². The lowest BCUT2D eigenvalue weighted by atomic mass is 10.1. The van der Waals surface area contributed by atoms with Crippen molar-refractivity contribution in [3.8, 4) is 11.5 Å². The number of hydrogen-bond acceptors (Lipinski definition) is 4.